The molecule has 3 saturated heterocycles. The Morgan fingerprint density at radius 3 is 2.34 bits per heavy atom. The minimum atomic E-state index is -1.12. The number of aryl methyl sites for hydroxylation is 1. The van der Waals surface area contributed by atoms with Gasteiger partial charge in [-0.05, 0) is 106 Å². The van der Waals surface area contributed by atoms with Gasteiger partial charge in [0.1, 0.15) is 24.0 Å². The number of hydrogen-bond donors (Lipinski definition) is 4. The number of carbonyl (C=O) groups is 4. The van der Waals surface area contributed by atoms with Gasteiger partial charge in [0.25, 0.3) is 0 Å². The molecule has 73 heavy (non-hydrogen) atoms. The molecule has 5 aliphatic rings. The molecule has 15 nitrogen and oxygen atoms in total. The number of ether oxygens (including phenoxy) is 2. The first-order chi connectivity index (χ1) is 35.2. The molecule has 10 rings (SSSR count). The van der Waals surface area contributed by atoms with E-state index >= 15 is 13.2 Å². The highest BCUT2D eigenvalue weighted by Gasteiger charge is 2.50. The predicted octanol–water partition coefficient (Wildman–Crippen LogP) is 7.64. The Balaban J connectivity index is 0.753. The summed E-state index contributed by atoms with van der Waals surface area (Å²) in [5, 5.41) is 20.1. The van der Waals surface area contributed by atoms with Crippen LogP contribution in [0, 0.1) is 23.4 Å². The minimum absolute atomic E-state index is 0.0314. The van der Waals surface area contributed by atoms with Crippen LogP contribution in [0.3, 0.4) is 0 Å². The lowest BCUT2D eigenvalue weighted by molar-refractivity contribution is -0.138. The number of carbonyl (C=O) groups excluding carboxylic acids is 4. The first kappa shape index (κ1) is 50.3. The highest BCUT2D eigenvalue weighted by molar-refractivity contribution is 6.34. The van der Waals surface area contributed by atoms with Crippen LogP contribution in [0.1, 0.15) is 104 Å². The normalized spacial score (nSPS) is 23.1. The third kappa shape index (κ3) is 9.40. The number of halogens is 4. The van der Waals surface area contributed by atoms with Gasteiger partial charge in [-0.2, -0.15) is 5.10 Å². The van der Waals surface area contributed by atoms with Gasteiger partial charge in [0.15, 0.2) is 23.0 Å². The van der Waals surface area contributed by atoms with Crippen LogP contribution in [0.4, 0.5) is 23.8 Å². The molecule has 4 aromatic carbocycles. The van der Waals surface area contributed by atoms with Crippen molar-refractivity contribution in [3.8, 4) is 22.6 Å². The lowest BCUT2D eigenvalue weighted by atomic mass is 9.77. The maximum absolute atomic E-state index is 16.5. The maximum atomic E-state index is 16.5. The second-order valence-electron chi connectivity index (χ2n) is 20.2. The zero-order valence-electron chi connectivity index (χ0n) is 40.9. The quantitative estimate of drug-likeness (QED) is 0.0915. The van der Waals surface area contributed by atoms with E-state index in [2.05, 4.69) is 20.6 Å². The summed E-state index contributed by atoms with van der Waals surface area (Å²) in [5.41, 5.74) is 6.60. The number of nitrogens with two attached hydrogens (primary N) is 1. The SMILES string of the molecule is CC1c2c(cc(F)c(Cl)c2-c2c(C(N)=O)ccc(OCCO)c2F)OC1(CNC1CCC(C(=O)N2CCC(N3CCC(c4cc5c(cc4F)c(N4CCC(=O)NC4=O)nn5C)CC3)CC2)CC1)c1ccccc1. The summed E-state index contributed by atoms with van der Waals surface area (Å²) < 4.78 is 62.1. The van der Waals surface area contributed by atoms with Crippen molar-refractivity contribution >= 4 is 52.1 Å². The number of likely N-dealkylation sites (tertiary alicyclic amines) is 2. The molecule has 1 aromatic heterocycles. The van der Waals surface area contributed by atoms with Crippen molar-refractivity contribution in [3.05, 3.63) is 105 Å². The van der Waals surface area contributed by atoms with Crippen LogP contribution in [0.15, 0.2) is 60.7 Å². The van der Waals surface area contributed by atoms with Crippen molar-refractivity contribution in [2.75, 3.05) is 57.4 Å². The summed E-state index contributed by atoms with van der Waals surface area (Å²) in [6.07, 6.45) is 6.42. The molecular weight excluding hydrogens is 965 g/mol. The largest absolute Gasteiger partial charge is 0.488 e. The molecular formula is C54H60ClF3N8O7. The summed E-state index contributed by atoms with van der Waals surface area (Å²) in [7, 11) is 1.77. The topological polar surface area (TPSA) is 185 Å². The van der Waals surface area contributed by atoms with E-state index in [1.54, 1.807) is 11.7 Å². The molecule has 5 heterocycles. The summed E-state index contributed by atoms with van der Waals surface area (Å²) in [6, 6.07) is 16.4. The number of benzene rings is 4. The van der Waals surface area contributed by atoms with Crippen LogP contribution in [0.5, 0.6) is 11.5 Å². The number of aliphatic hydroxyl groups excluding tert-OH is 1. The number of amides is 5. The van der Waals surface area contributed by atoms with Gasteiger partial charge in [0, 0.05) is 91.7 Å². The third-order valence-corrected chi connectivity index (χ3v) is 16.5. The highest BCUT2D eigenvalue weighted by Crippen LogP contribution is 2.56. The smallest absolute Gasteiger partial charge is 0.329 e. The molecule has 19 heteroatoms. The molecule has 2 atom stereocenters. The van der Waals surface area contributed by atoms with E-state index < -0.39 is 40.1 Å². The van der Waals surface area contributed by atoms with E-state index in [0.717, 1.165) is 62.7 Å². The zero-order chi connectivity index (χ0) is 51.3. The lowest BCUT2D eigenvalue weighted by Gasteiger charge is -2.43. The lowest BCUT2D eigenvalue weighted by Crippen LogP contribution is -2.51. The number of nitrogens with one attached hydrogen (secondary N) is 2. The molecule has 0 bridgehead atoms. The predicted molar refractivity (Wildman–Crippen MR) is 268 cm³/mol. The molecule has 5 N–H and O–H groups in total. The number of imide groups is 1. The maximum Gasteiger partial charge on any atom is 0.329 e. The second-order valence-corrected chi connectivity index (χ2v) is 20.5. The Morgan fingerprint density at radius 2 is 1.66 bits per heavy atom. The average Bonchev–Trinajstić information content (AvgIpc) is 3.87. The van der Waals surface area contributed by atoms with Crippen molar-refractivity contribution in [1.82, 2.24) is 30.2 Å². The molecule has 2 unspecified atom stereocenters. The first-order valence-corrected chi connectivity index (χ1v) is 25.7. The van der Waals surface area contributed by atoms with Crippen LogP contribution in [0.25, 0.3) is 22.0 Å². The highest BCUT2D eigenvalue weighted by atomic mass is 35.5. The van der Waals surface area contributed by atoms with E-state index in [0.29, 0.717) is 54.3 Å². The van der Waals surface area contributed by atoms with Gasteiger partial charge >= 0.3 is 6.03 Å². The van der Waals surface area contributed by atoms with Crippen molar-refractivity contribution in [2.24, 2.45) is 18.7 Å². The van der Waals surface area contributed by atoms with Crippen molar-refractivity contribution in [3.63, 3.8) is 0 Å². The third-order valence-electron chi connectivity index (χ3n) is 16.1. The summed E-state index contributed by atoms with van der Waals surface area (Å²) >= 11 is 6.72. The molecule has 5 aromatic rings. The van der Waals surface area contributed by atoms with Gasteiger partial charge in [0.05, 0.1) is 22.7 Å². The monoisotopic (exact) mass is 1020 g/mol. The molecule has 4 aliphatic heterocycles. The van der Waals surface area contributed by atoms with Gasteiger partial charge in [0.2, 0.25) is 17.7 Å². The fourth-order valence-corrected chi connectivity index (χ4v) is 12.4. The van der Waals surface area contributed by atoms with E-state index in [-0.39, 0.29) is 96.4 Å². The molecule has 1 saturated carbocycles. The molecule has 386 valence electrons. The van der Waals surface area contributed by atoms with Crippen LogP contribution in [0.2, 0.25) is 5.02 Å². The van der Waals surface area contributed by atoms with Crippen LogP contribution >= 0.6 is 11.6 Å². The molecule has 5 amide bonds. The van der Waals surface area contributed by atoms with Crippen LogP contribution in [-0.4, -0.2) is 113 Å². The number of fused-ring (bicyclic) bond motifs is 2. The van der Waals surface area contributed by atoms with Gasteiger partial charge < -0.3 is 35.4 Å². The average molecular weight is 1030 g/mol. The van der Waals surface area contributed by atoms with E-state index in [1.807, 2.05) is 48.2 Å². The van der Waals surface area contributed by atoms with E-state index in [9.17, 15) is 24.3 Å². The molecule has 0 spiro atoms. The van der Waals surface area contributed by atoms with Gasteiger partial charge in [-0.15, -0.1) is 0 Å². The van der Waals surface area contributed by atoms with Crippen molar-refractivity contribution < 1.29 is 46.9 Å². The van der Waals surface area contributed by atoms with Gasteiger partial charge in [-0.25, -0.2) is 18.0 Å². The first-order valence-electron chi connectivity index (χ1n) is 25.3. The number of piperidine rings is 2. The van der Waals surface area contributed by atoms with Crippen LogP contribution in [-0.2, 0) is 22.2 Å². The summed E-state index contributed by atoms with van der Waals surface area (Å²) in [4.78, 5) is 57.0. The molecule has 1 aliphatic carbocycles. The fraction of sp³-hybridized carbons (Fsp3) is 0.463. The Morgan fingerprint density at radius 1 is 0.932 bits per heavy atom. The molecule has 0 radical (unpaired) electrons. The number of nitrogens with zero attached hydrogens (tertiary/aromatic N) is 5. The van der Waals surface area contributed by atoms with Crippen molar-refractivity contribution in [2.45, 2.75) is 94.2 Å². The summed E-state index contributed by atoms with van der Waals surface area (Å²) in [5.74, 6) is -3.69. The Kier molecular flexibility index (Phi) is 14.2. The Bertz CT molecular complexity index is 2950. The Hall–Kier alpha value is -6.21. The fourth-order valence-electron chi connectivity index (χ4n) is 12.2. The number of rotatable bonds is 13. The van der Waals surface area contributed by atoms with E-state index in [4.69, 9.17) is 26.8 Å². The van der Waals surface area contributed by atoms with E-state index in [1.165, 1.54) is 29.2 Å². The number of anilines is 1. The van der Waals surface area contributed by atoms with Crippen LogP contribution < -0.4 is 30.7 Å². The number of aromatic nitrogens is 2. The standard InChI is InChI=1S/C54H60ClF3N8O7/c1-30-45-43(28-40(57)48(55)47(45)46-36(50(59)69)12-13-42(49(46)58)72-25-24-67)73-54(30,33-6-4-3-5-7-33)29-60-34-10-8-32(9-11-34)52(70)65-21-16-35(17-22-65)64-19-14-31(15-20-64)37-27-41-38(26-39(37)56)51(62-63(41)2)66-23-18-44(68)61-53(66)71/h3-7,12-13,26-28,30-32,34-35,60,67H,8-11,14-25,29H2,1-2H3,(H2,59,69)(H,61,68,71). The van der Waals surface area contributed by atoms with Gasteiger partial charge in [-0.1, -0.05) is 48.9 Å². The number of hydrogen-bond acceptors (Lipinski definition) is 10. The second kappa shape index (κ2) is 20.6. The van der Waals surface area contributed by atoms with Crippen molar-refractivity contribution in [1.29, 1.82) is 0 Å². The summed E-state index contributed by atoms with van der Waals surface area (Å²) in [6.45, 7) is 4.78. The van der Waals surface area contributed by atoms with Gasteiger partial charge in [-0.3, -0.25) is 29.3 Å². The zero-order valence-corrected chi connectivity index (χ0v) is 41.7. The molecule has 4 fully saturated rings. The Labute approximate surface area is 426 Å². The number of primary amides is 1. The number of urea groups is 1. The minimum Gasteiger partial charge on any atom is -0.488 e. The number of aliphatic hydroxyl groups is 1.